The highest BCUT2D eigenvalue weighted by atomic mass is 16.3. The van der Waals surface area contributed by atoms with Crippen molar-refractivity contribution < 1.29 is 5.11 Å². The molecule has 0 aliphatic heterocycles. The molecule has 0 saturated carbocycles. The van der Waals surface area contributed by atoms with E-state index in [1.54, 1.807) is 10.6 Å². The van der Waals surface area contributed by atoms with Crippen molar-refractivity contribution in [3.05, 3.63) is 64.1 Å². The predicted octanol–water partition coefficient (Wildman–Crippen LogP) is 1.61. The number of hydrogen-bond acceptors (Lipinski definition) is 3. The monoisotopic (exact) mass is 258 g/mol. The molecule has 1 aromatic carbocycles. The second kappa shape index (κ2) is 6.20. The van der Waals surface area contributed by atoms with Crippen molar-refractivity contribution in [1.29, 1.82) is 0 Å². The summed E-state index contributed by atoms with van der Waals surface area (Å²) in [5, 5.41) is 12.0. The summed E-state index contributed by atoms with van der Waals surface area (Å²) in [5.74, 6) is 0. The summed E-state index contributed by atoms with van der Waals surface area (Å²) >= 11 is 0. The van der Waals surface area contributed by atoms with Gasteiger partial charge in [0.25, 0.3) is 5.56 Å². The minimum atomic E-state index is -0.0115. The fourth-order valence-corrected chi connectivity index (χ4v) is 1.98. The van der Waals surface area contributed by atoms with Crippen molar-refractivity contribution in [2.45, 2.75) is 13.5 Å². The highest BCUT2D eigenvalue weighted by Crippen LogP contribution is 2.15. The Morgan fingerprint density at radius 3 is 2.79 bits per heavy atom. The topological polar surface area (TPSA) is 54.3 Å². The quantitative estimate of drug-likeness (QED) is 0.856. The van der Waals surface area contributed by atoms with E-state index in [1.807, 2.05) is 43.5 Å². The molecule has 4 nitrogen and oxygen atoms in total. The number of nitrogens with one attached hydrogen (secondary N) is 1. The van der Waals surface area contributed by atoms with Crippen LogP contribution in [0.1, 0.15) is 11.1 Å². The van der Waals surface area contributed by atoms with Gasteiger partial charge in [0.1, 0.15) is 0 Å². The van der Waals surface area contributed by atoms with Crippen LogP contribution in [0.25, 0.3) is 0 Å². The van der Waals surface area contributed by atoms with E-state index < -0.39 is 0 Å². The van der Waals surface area contributed by atoms with Crippen LogP contribution in [-0.2, 0) is 6.54 Å². The molecule has 0 radical (unpaired) electrons. The maximum absolute atomic E-state index is 11.8. The molecule has 0 atom stereocenters. The highest BCUT2D eigenvalue weighted by molar-refractivity contribution is 5.51. The van der Waals surface area contributed by atoms with Gasteiger partial charge >= 0.3 is 0 Å². The number of aliphatic hydroxyl groups excluding tert-OH is 1. The van der Waals surface area contributed by atoms with Gasteiger partial charge in [0.2, 0.25) is 0 Å². The molecule has 4 heteroatoms. The maximum atomic E-state index is 11.8. The van der Waals surface area contributed by atoms with Crippen molar-refractivity contribution in [2.24, 2.45) is 0 Å². The molecule has 0 aliphatic rings. The molecule has 0 aliphatic carbocycles. The lowest BCUT2D eigenvalue weighted by Crippen LogP contribution is -2.20. The van der Waals surface area contributed by atoms with Crippen LogP contribution in [-0.4, -0.2) is 22.8 Å². The molecule has 2 aromatic rings. The van der Waals surface area contributed by atoms with E-state index in [0.29, 0.717) is 13.1 Å². The Labute approximate surface area is 112 Å². The summed E-state index contributed by atoms with van der Waals surface area (Å²) in [6, 6.07) is 11.2. The Hall–Kier alpha value is -2.07. The number of para-hydroxylation sites is 1. The summed E-state index contributed by atoms with van der Waals surface area (Å²) in [6.45, 7) is 3.07. The average molecular weight is 258 g/mol. The van der Waals surface area contributed by atoms with Gasteiger partial charge in [-0.1, -0.05) is 24.3 Å². The van der Waals surface area contributed by atoms with Crippen LogP contribution in [0.2, 0.25) is 0 Å². The molecule has 1 aromatic heterocycles. The fourth-order valence-electron chi connectivity index (χ4n) is 1.98. The first kappa shape index (κ1) is 13.4. The zero-order valence-electron chi connectivity index (χ0n) is 11.0. The van der Waals surface area contributed by atoms with Gasteiger partial charge < -0.3 is 15.0 Å². The van der Waals surface area contributed by atoms with Crippen LogP contribution in [0.3, 0.4) is 0 Å². The van der Waals surface area contributed by atoms with Gasteiger partial charge in [-0.2, -0.15) is 0 Å². The van der Waals surface area contributed by atoms with Crippen LogP contribution in [0.5, 0.6) is 0 Å². The zero-order valence-corrected chi connectivity index (χ0v) is 11.0. The summed E-state index contributed by atoms with van der Waals surface area (Å²) < 4.78 is 1.69. The van der Waals surface area contributed by atoms with Crippen LogP contribution in [0.15, 0.2) is 47.4 Å². The molecule has 0 spiro atoms. The van der Waals surface area contributed by atoms with Crippen LogP contribution in [0, 0.1) is 6.92 Å². The van der Waals surface area contributed by atoms with Gasteiger partial charge in [0.05, 0.1) is 13.2 Å². The van der Waals surface area contributed by atoms with E-state index in [1.165, 1.54) is 0 Å². The Morgan fingerprint density at radius 2 is 2.00 bits per heavy atom. The predicted molar refractivity (Wildman–Crippen MR) is 76.6 cm³/mol. The van der Waals surface area contributed by atoms with E-state index in [2.05, 4.69) is 5.32 Å². The molecular formula is C15H18N2O2. The lowest BCUT2D eigenvalue weighted by atomic mass is 10.1. The second-order valence-corrected chi connectivity index (χ2v) is 4.48. The molecule has 19 heavy (non-hydrogen) atoms. The number of aliphatic hydroxyl groups is 1. The first-order valence-corrected chi connectivity index (χ1v) is 6.30. The lowest BCUT2D eigenvalue weighted by Gasteiger charge is -2.13. The molecule has 100 valence electrons. The fraction of sp³-hybridized carbons (Fsp3) is 0.267. The Morgan fingerprint density at radius 1 is 1.21 bits per heavy atom. The Bertz CT molecular complexity index is 605. The van der Waals surface area contributed by atoms with Crippen LogP contribution >= 0.6 is 0 Å². The number of aromatic nitrogens is 1. The van der Waals surface area contributed by atoms with Gasteiger partial charge in [-0.15, -0.1) is 0 Å². The normalized spacial score (nSPS) is 10.4. The smallest absolute Gasteiger partial charge is 0.250 e. The third-order valence-corrected chi connectivity index (χ3v) is 2.92. The van der Waals surface area contributed by atoms with Gasteiger partial charge in [0.15, 0.2) is 0 Å². The number of nitrogens with zero attached hydrogens (tertiary/aromatic N) is 1. The summed E-state index contributed by atoms with van der Waals surface area (Å²) in [5.41, 5.74) is 3.02. The minimum Gasteiger partial charge on any atom is -0.395 e. The molecule has 0 saturated heterocycles. The van der Waals surface area contributed by atoms with Gasteiger partial charge in [-0.25, -0.2) is 0 Å². The van der Waals surface area contributed by atoms with Crippen molar-refractivity contribution >= 4 is 5.69 Å². The number of hydrogen-bond donors (Lipinski definition) is 2. The maximum Gasteiger partial charge on any atom is 0.250 e. The summed E-state index contributed by atoms with van der Waals surface area (Å²) in [6.07, 6.45) is 1.85. The second-order valence-electron chi connectivity index (χ2n) is 4.48. The first-order valence-electron chi connectivity index (χ1n) is 6.30. The largest absolute Gasteiger partial charge is 0.395 e. The van der Waals surface area contributed by atoms with E-state index >= 15 is 0 Å². The number of aryl methyl sites for hydroxylation is 1. The average Bonchev–Trinajstić information content (AvgIpc) is 2.42. The number of anilines is 1. The van der Waals surface area contributed by atoms with E-state index in [-0.39, 0.29) is 12.2 Å². The molecule has 0 bridgehead atoms. The van der Waals surface area contributed by atoms with Crippen molar-refractivity contribution in [3.8, 4) is 0 Å². The van der Waals surface area contributed by atoms with Crippen molar-refractivity contribution in [3.63, 3.8) is 0 Å². The summed E-state index contributed by atoms with van der Waals surface area (Å²) in [4.78, 5) is 11.8. The minimum absolute atomic E-state index is 0.0115. The van der Waals surface area contributed by atoms with Gasteiger partial charge in [-0.05, 0) is 24.1 Å². The Balaban J connectivity index is 2.27. The van der Waals surface area contributed by atoms with Crippen LogP contribution < -0.4 is 10.9 Å². The molecule has 2 N–H and O–H groups in total. The van der Waals surface area contributed by atoms with Gasteiger partial charge in [0, 0.05) is 24.5 Å². The highest BCUT2D eigenvalue weighted by Gasteiger charge is 2.03. The number of benzene rings is 1. The van der Waals surface area contributed by atoms with E-state index in [9.17, 15) is 4.79 Å². The SMILES string of the molecule is Cc1ccc(=O)n(Cc2ccccc2NCCO)c1. The van der Waals surface area contributed by atoms with Crippen molar-refractivity contribution in [1.82, 2.24) is 4.57 Å². The number of rotatable bonds is 5. The summed E-state index contributed by atoms with van der Waals surface area (Å²) in [7, 11) is 0. The lowest BCUT2D eigenvalue weighted by molar-refractivity contribution is 0.311. The molecular weight excluding hydrogens is 240 g/mol. The van der Waals surface area contributed by atoms with E-state index in [0.717, 1.165) is 16.8 Å². The van der Waals surface area contributed by atoms with Crippen LogP contribution in [0.4, 0.5) is 5.69 Å². The third kappa shape index (κ3) is 3.45. The molecule has 0 fully saturated rings. The number of pyridine rings is 1. The molecule has 1 heterocycles. The van der Waals surface area contributed by atoms with E-state index in [4.69, 9.17) is 5.11 Å². The standard InChI is InChI=1S/C15H18N2O2/c1-12-6-7-15(19)17(10-12)11-13-4-2-3-5-14(13)16-8-9-18/h2-7,10,16,18H,8-9,11H2,1H3. The molecule has 0 unspecified atom stereocenters. The third-order valence-electron chi connectivity index (χ3n) is 2.92. The first-order chi connectivity index (χ1) is 9.20. The molecule has 0 amide bonds. The van der Waals surface area contributed by atoms with Crippen molar-refractivity contribution in [2.75, 3.05) is 18.5 Å². The Kier molecular flexibility index (Phi) is 4.36. The molecule has 2 rings (SSSR count). The zero-order chi connectivity index (χ0) is 13.7. The van der Waals surface area contributed by atoms with Gasteiger partial charge in [-0.3, -0.25) is 4.79 Å².